The third-order valence-corrected chi connectivity index (χ3v) is 4.95. The molecule has 0 saturated carbocycles. The Hall–Kier alpha value is -1.75. The number of carbonyl (C=O) groups excluding carboxylic acids is 1. The number of amides is 1. The highest BCUT2D eigenvalue weighted by Gasteiger charge is 2.24. The van der Waals surface area contributed by atoms with Gasteiger partial charge in [-0.15, -0.1) is 0 Å². The summed E-state index contributed by atoms with van der Waals surface area (Å²) in [7, 11) is 0. The zero-order valence-electron chi connectivity index (χ0n) is 13.1. The Kier molecular flexibility index (Phi) is 4.99. The third kappa shape index (κ3) is 3.83. The van der Waals surface area contributed by atoms with Crippen LogP contribution in [0.5, 0.6) is 0 Å². The largest absolute Gasteiger partial charge is 0.300 e. The smallest absolute Gasteiger partial charge is 0.264 e. The van der Waals surface area contributed by atoms with E-state index < -0.39 is 0 Å². The molecule has 1 saturated heterocycles. The van der Waals surface area contributed by atoms with E-state index in [4.69, 9.17) is 23.2 Å². The molecule has 2 aromatic rings. The van der Waals surface area contributed by atoms with E-state index in [-0.39, 0.29) is 5.91 Å². The first kappa shape index (κ1) is 17.1. The van der Waals surface area contributed by atoms with Crippen molar-refractivity contribution in [1.29, 1.82) is 0 Å². The van der Waals surface area contributed by atoms with Crippen molar-refractivity contribution in [2.75, 3.05) is 0 Å². The molecule has 1 N–H and O–H groups in total. The van der Waals surface area contributed by atoms with Gasteiger partial charge in [-0.1, -0.05) is 47.0 Å². The molecule has 1 aliphatic rings. The standard InChI is InChI=1S/C18H14Cl2N2OS/c1-10-3-6-15(11(2)7-10)21-18-22-17(23)16(24-18)8-12-4-5-13(19)9-14(12)20/h3-9H,1-2H3,(H,21,22,23)/b16-8+. The van der Waals surface area contributed by atoms with Gasteiger partial charge in [0.15, 0.2) is 5.17 Å². The summed E-state index contributed by atoms with van der Waals surface area (Å²) >= 11 is 13.3. The quantitative estimate of drug-likeness (QED) is 0.702. The minimum Gasteiger partial charge on any atom is -0.300 e. The van der Waals surface area contributed by atoms with Crippen molar-refractivity contribution in [3.05, 3.63) is 68.0 Å². The molecule has 0 aliphatic carbocycles. The van der Waals surface area contributed by atoms with Gasteiger partial charge in [0.25, 0.3) is 5.91 Å². The highest BCUT2D eigenvalue weighted by atomic mass is 35.5. The molecule has 1 fully saturated rings. The minimum absolute atomic E-state index is 0.186. The second kappa shape index (κ2) is 7.01. The van der Waals surface area contributed by atoms with Gasteiger partial charge in [0, 0.05) is 10.0 Å². The fourth-order valence-electron chi connectivity index (χ4n) is 2.28. The fourth-order valence-corrected chi connectivity index (χ4v) is 3.57. The number of benzene rings is 2. The number of thioether (sulfide) groups is 1. The number of nitrogens with one attached hydrogen (secondary N) is 1. The van der Waals surface area contributed by atoms with Gasteiger partial charge in [0.05, 0.1) is 10.6 Å². The SMILES string of the molecule is Cc1ccc(N=C2NC(=O)/C(=C\c3ccc(Cl)cc3Cl)S2)c(C)c1. The summed E-state index contributed by atoms with van der Waals surface area (Å²) in [5.41, 5.74) is 3.83. The lowest BCUT2D eigenvalue weighted by atomic mass is 10.1. The van der Waals surface area contributed by atoms with E-state index in [2.05, 4.69) is 16.4 Å². The van der Waals surface area contributed by atoms with Crippen molar-refractivity contribution in [3.63, 3.8) is 0 Å². The number of amidine groups is 1. The van der Waals surface area contributed by atoms with Crippen molar-refractivity contribution in [2.24, 2.45) is 4.99 Å². The predicted octanol–water partition coefficient (Wildman–Crippen LogP) is 5.50. The van der Waals surface area contributed by atoms with Crippen LogP contribution in [0.3, 0.4) is 0 Å². The van der Waals surface area contributed by atoms with E-state index in [0.29, 0.717) is 20.1 Å². The monoisotopic (exact) mass is 376 g/mol. The van der Waals surface area contributed by atoms with Crippen LogP contribution in [0.4, 0.5) is 5.69 Å². The second-order valence-corrected chi connectivity index (χ2v) is 7.31. The van der Waals surface area contributed by atoms with Crippen LogP contribution >= 0.6 is 35.0 Å². The molecule has 24 heavy (non-hydrogen) atoms. The number of aryl methyl sites for hydroxylation is 2. The van der Waals surface area contributed by atoms with Gasteiger partial charge in [-0.3, -0.25) is 4.79 Å². The lowest BCUT2D eigenvalue weighted by Gasteiger charge is -2.02. The van der Waals surface area contributed by atoms with Crippen LogP contribution in [0.25, 0.3) is 6.08 Å². The normalized spacial score (nSPS) is 17.6. The van der Waals surface area contributed by atoms with Gasteiger partial charge >= 0.3 is 0 Å². The molecule has 0 atom stereocenters. The third-order valence-electron chi connectivity index (χ3n) is 3.47. The van der Waals surface area contributed by atoms with Crippen LogP contribution in [-0.4, -0.2) is 11.1 Å². The molecule has 1 aliphatic heterocycles. The first-order valence-electron chi connectivity index (χ1n) is 7.24. The Morgan fingerprint density at radius 2 is 1.92 bits per heavy atom. The maximum Gasteiger partial charge on any atom is 0.264 e. The van der Waals surface area contributed by atoms with E-state index in [1.807, 2.05) is 26.0 Å². The van der Waals surface area contributed by atoms with Crippen molar-refractivity contribution < 1.29 is 4.79 Å². The number of rotatable bonds is 2. The Balaban J connectivity index is 1.88. The molecule has 0 spiro atoms. The number of carbonyl (C=O) groups is 1. The Morgan fingerprint density at radius 1 is 1.12 bits per heavy atom. The Labute approximate surface area is 154 Å². The van der Waals surface area contributed by atoms with Gasteiger partial charge < -0.3 is 5.32 Å². The van der Waals surface area contributed by atoms with Gasteiger partial charge in [-0.2, -0.15) is 0 Å². The predicted molar refractivity (Wildman–Crippen MR) is 103 cm³/mol. The highest BCUT2D eigenvalue weighted by Crippen LogP contribution is 2.31. The summed E-state index contributed by atoms with van der Waals surface area (Å²) in [4.78, 5) is 17.2. The summed E-state index contributed by atoms with van der Waals surface area (Å²) in [5.74, 6) is -0.186. The average molecular weight is 377 g/mol. The molecule has 3 rings (SSSR count). The summed E-state index contributed by atoms with van der Waals surface area (Å²) in [5, 5.41) is 4.40. The first-order valence-corrected chi connectivity index (χ1v) is 8.81. The number of halogens is 2. The summed E-state index contributed by atoms with van der Waals surface area (Å²) in [6.45, 7) is 4.03. The molecule has 6 heteroatoms. The Morgan fingerprint density at radius 3 is 2.62 bits per heavy atom. The van der Waals surface area contributed by atoms with E-state index in [0.717, 1.165) is 16.8 Å². The molecule has 1 amide bonds. The topological polar surface area (TPSA) is 41.5 Å². The van der Waals surface area contributed by atoms with Crippen LogP contribution < -0.4 is 5.32 Å². The van der Waals surface area contributed by atoms with Crippen LogP contribution in [0.15, 0.2) is 46.3 Å². The van der Waals surface area contributed by atoms with Crippen LogP contribution in [0.1, 0.15) is 16.7 Å². The lowest BCUT2D eigenvalue weighted by Crippen LogP contribution is -2.19. The zero-order valence-corrected chi connectivity index (χ0v) is 15.4. The summed E-state index contributed by atoms with van der Waals surface area (Å²) in [6, 6.07) is 11.2. The number of hydrogen-bond acceptors (Lipinski definition) is 3. The highest BCUT2D eigenvalue weighted by molar-refractivity contribution is 8.18. The minimum atomic E-state index is -0.186. The summed E-state index contributed by atoms with van der Waals surface area (Å²) < 4.78 is 0. The average Bonchev–Trinajstić information content (AvgIpc) is 2.85. The molecule has 122 valence electrons. The molecule has 1 heterocycles. The lowest BCUT2D eigenvalue weighted by molar-refractivity contribution is -0.115. The van der Waals surface area contributed by atoms with Crippen molar-refractivity contribution >= 4 is 57.8 Å². The van der Waals surface area contributed by atoms with Crippen LogP contribution in [0.2, 0.25) is 10.0 Å². The molecule has 0 bridgehead atoms. The fraction of sp³-hybridized carbons (Fsp3) is 0.111. The molecule has 2 aromatic carbocycles. The van der Waals surface area contributed by atoms with Crippen molar-refractivity contribution in [2.45, 2.75) is 13.8 Å². The van der Waals surface area contributed by atoms with E-state index in [1.165, 1.54) is 17.3 Å². The van der Waals surface area contributed by atoms with Gasteiger partial charge in [-0.05, 0) is 61.0 Å². The number of hydrogen-bond donors (Lipinski definition) is 1. The Bertz CT molecular complexity index is 891. The maximum atomic E-state index is 12.1. The van der Waals surface area contributed by atoms with Crippen molar-refractivity contribution in [1.82, 2.24) is 5.32 Å². The van der Waals surface area contributed by atoms with Crippen LogP contribution in [0, 0.1) is 13.8 Å². The first-order chi connectivity index (χ1) is 11.4. The van der Waals surface area contributed by atoms with Crippen LogP contribution in [-0.2, 0) is 4.79 Å². The second-order valence-electron chi connectivity index (χ2n) is 5.44. The molecule has 0 aromatic heterocycles. The molecule has 3 nitrogen and oxygen atoms in total. The van der Waals surface area contributed by atoms with Gasteiger partial charge in [0.1, 0.15) is 0 Å². The van der Waals surface area contributed by atoms with E-state index >= 15 is 0 Å². The molecular formula is C18H14Cl2N2OS. The molecule has 0 radical (unpaired) electrons. The van der Waals surface area contributed by atoms with E-state index in [1.54, 1.807) is 24.3 Å². The zero-order chi connectivity index (χ0) is 17.3. The maximum absolute atomic E-state index is 12.1. The van der Waals surface area contributed by atoms with Gasteiger partial charge in [0.2, 0.25) is 0 Å². The van der Waals surface area contributed by atoms with E-state index in [9.17, 15) is 4.79 Å². The van der Waals surface area contributed by atoms with Crippen molar-refractivity contribution in [3.8, 4) is 0 Å². The number of nitrogens with zero attached hydrogens (tertiary/aromatic N) is 1. The summed E-state index contributed by atoms with van der Waals surface area (Å²) in [6.07, 6.45) is 1.74. The van der Waals surface area contributed by atoms with Gasteiger partial charge in [-0.25, -0.2) is 4.99 Å². The molecular weight excluding hydrogens is 363 g/mol. The molecule has 0 unspecified atom stereocenters. The number of aliphatic imine (C=N–C) groups is 1.